The third kappa shape index (κ3) is 4.71. The zero-order valence-electron chi connectivity index (χ0n) is 11.6. The number of aromatic nitrogens is 1. The normalized spacial score (nSPS) is 20.8. The molecule has 1 aliphatic heterocycles. The number of hydrogen-bond donors (Lipinski definition) is 0. The van der Waals surface area contributed by atoms with Gasteiger partial charge in [-0.25, -0.2) is 4.98 Å². The lowest BCUT2D eigenvalue weighted by atomic mass is 10.1. The summed E-state index contributed by atoms with van der Waals surface area (Å²) >= 11 is 7.50. The summed E-state index contributed by atoms with van der Waals surface area (Å²) in [5.74, 6) is 0.530. The van der Waals surface area contributed by atoms with Gasteiger partial charge in [0.25, 0.3) is 0 Å². The summed E-state index contributed by atoms with van der Waals surface area (Å²) in [4.78, 5) is 7.08. The van der Waals surface area contributed by atoms with Crippen molar-refractivity contribution in [3.05, 3.63) is 16.1 Å². The van der Waals surface area contributed by atoms with Gasteiger partial charge in [-0.15, -0.1) is 22.9 Å². The van der Waals surface area contributed by atoms with Gasteiger partial charge in [0, 0.05) is 18.0 Å². The van der Waals surface area contributed by atoms with Gasteiger partial charge >= 0.3 is 0 Å². The number of morpholine rings is 1. The van der Waals surface area contributed by atoms with Crippen LogP contribution in [-0.2, 0) is 17.0 Å². The van der Waals surface area contributed by atoms with E-state index >= 15 is 0 Å². The summed E-state index contributed by atoms with van der Waals surface area (Å²) in [6.07, 6.45) is 4.73. The van der Waals surface area contributed by atoms with Gasteiger partial charge in [-0.05, 0) is 32.2 Å². The summed E-state index contributed by atoms with van der Waals surface area (Å²) in [6.45, 7) is 6.32. The molecule has 0 bridgehead atoms. The average molecular weight is 303 g/mol. The van der Waals surface area contributed by atoms with Crippen LogP contribution in [0.1, 0.15) is 36.9 Å². The number of unbranched alkanes of at least 4 members (excludes halogenated alkanes) is 1. The van der Waals surface area contributed by atoms with Gasteiger partial charge < -0.3 is 4.74 Å². The lowest BCUT2D eigenvalue weighted by Crippen LogP contribution is -2.45. The van der Waals surface area contributed by atoms with E-state index in [1.807, 2.05) is 0 Å². The Hall–Kier alpha value is -0.160. The molecule has 0 aliphatic carbocycles. The average Bonchev–Trinajstić information content (AvgIpc) is 2.92. The van der Waals surface area contributed by atoms with Crippen molar-refractivity contribution in [3.8, 4) is 0 Å². The van der Waals surface area contributed by atoms with Crippen molar-refractivity contribution in [2.45, 2.75) is 44.5 Å². The summed E-state index contributed by atoms with van der Waals surface area (Å²) in [5, 5.41) is 3.29. The molecular formula is C14H23ClN2OS. The van der Waals surface area contributed by atoms with E-state index < -0.39 is 0 Å². The van der Waals surface area contributed by atoms with Gasteiger partial charge in [0.15, 0.2) is 0 Å². The number of aryl methyl sites for hydroxylation is 1. The van der Waals surface area contributed by atoms with Crippen LogP contribution in [0.2, 0.25) is 0 Å². The van der Waals surface area contributed by atoms with Gasteiger partial charge in [-0.1, -0.05) is 6.92 Å². The van der Waals surface area contributed by atoms with E-state index in [1.54, 1.807) is 11.3 Å². The summed E-state index contributed by atoms with van der Waals surface area (Å²) in [6, 6.07) is 0.622. The molecule has 1 saturated heterocycles. The number of rotatable bonds is 7. The van der Waals surface area contributed by atoms with E-state index in [-0.39, 0.29) is 0 Å². The quantitative estimate of drug-likeness (QED) is 0.571. The Bertz CT molecular complexity index is 372. The van der Waals surface area contributed by atoms with Crippen molar-refractivity contribution >= 4 is 22.9 Å². The standard InChI is InChI=1S/C14H23ClN2OS/c1-2-13-10-18-8-7-17(13)6-4-3-5-14-16-12(9-15)11-19-14/h11,13H,2-10H2,1H3. The Morgan fingerprint density at radius 2 is 2.42 bits per heavy atom. The lowest BCUT2D eigenvalue weighted by Gasteiger charge is -2.35. The molecule has 1 unspecified atom stereocenters. The van der Waals surface area contributed by atoms with Crippen LogP contribution >= 0.6 is 22.9 Å². The monoisotopic (exact) mass is 302 g/mol. The molecule has 0 saturated carbocycles. The highest BCUT2D eigenvalue weighted by atomic mass is 35.5. The van der Waals surface area contributed by atoms with Gasteiger partial charge in [0.2, 0.25) is 0 Å². The zero-order chi connectivity index (χ0) is 13.5. The molecule has 0 spiro atoms. The first-order chi connectivity index (χ1) is 9.33. The van der Waals surface area contributed by atoms with Crippen LogP contribution in [-0.4, -0.2) is 42.2 Å². The van der Waals surface area contributed by atoms with E-state index in [9.17, 15) is 0 Å². The van der Waals surface area contributed by atoms with Crippen LogP contribution < -0.4 is 0 Å². The largest absolute Gasteiger partial charge is 0.378 e. The maximum Gasteiger partial charge on any atom is 0.0928 e. The third-order valence-corrected chi connectivity index (χ3v) is 4.87. The molecular weight excluding hydrogens is 280 g/mol. The van der Waals surface area contributed by atoms with Crippen LogP contribution in [0.4, 0.5) is 0 Å². The fraction of sp³-hybridized carbons (Fsp3) is 0.786. The molecule has 0 amide bonds. The van der Waals surface area contributed by atoms with Crippen LogP contribution in [0.5, 0.6) is 0 Å². The number of ether oxygens (including phenoxy) is 1. The zero-order valence-corrected chi connectivity index (χ0v) is 13.2. The topological polar surface area (TPSA) is 25.4 Å². The first kappa shape index (κ1) is 15.2. The van der Waals surface area contributed by atoms with Crippen LogP contribution in [0.15, 0.2) is 5.38 Å². The maximum atomic E-state index is 5.76. The predicted molar refractivity (Wildman–Crippen MR) is 81.1 cm³/mol. The molecule has 5 heteroatoms. The minimum atomic E-state index is 0.530. The van der Waals surface area contributed by atoms with E-state index in [2.05, 4.69) is 22.2 Å². The number of alkyl halides is 1. The van der Waals surface area contributed by atoms with Gasteiger partial charge in [0.05, 0.1) is 29.8 Å². The smallest absolute Gasteiger partial charge is 0.0928 e. The minimum absolute atomic E-state index is 0.530. The maximum absolute atomic E-state index is 5.76. The summed E-state index contributed by atoms with van der Waals surface area (Å²) < 4.78 is 5.53. The van der Waals surface area contributed by atoms with Crippen LogP contribution in [0.3, 0.4) is 0 Å². The Morgan fingerprint density at radius 1 is 1.53 bits per heavy atom. The molecule has 1 atom stereocenters. The first-order valence-electron chi connectivity index (χ1n) is 7.14. The van der Waals surface area contributed by atoms with Crippen molar-refractivity contribution in [3.63, 3.8) is 0 Å². The molecule has 1 aromatic heterocycles. The van der Waals surface area contributed by atoms with E-state index in [1.165, 1.54) is 30.8 Å². The van der Waals surface area contributed by atoms with Crippen molar-refractivity contribution in [1.29, 1.82) is 0 Å². The number of halogens is 1. The fourth-order valence-electron chi connectivity index (χ4n) is 2.48. The lowest BCUT2D eigenvalue weighted by molar-refractivity contribution is -0.00910. The Balaban J connectivity index is 1.65. The SMILES string of the molecule is CCC1COCCN1CCCCc1nc(CCl)cs1. The molecule has 2 rings (SSSR count). The van der Waals surface area contributed by atoms with Crippen molar-refractivity contribution in [2.24, 2.45) is 0 Å². The molecule has 1 aromatic rings. The molecule has 1 aliphatic rings. The third-order valence-electron chi connectivity index (χ3n) is 3.64. The number of hydrogen-bond acceptors (Lipinski definition) is 4. The molecule has 0 aromatic carbocycles. The molecule has 0 radical (unpaired) electrons. The summed E-state index contributed by atoms with van der Waals surface area (Å²) in [7, 11) is 0. The second kappa shape index (κ2) is 8.20. The van der Waals surface area contributed by atoms with Gasteiger partial charge in [-0.2, -0.15) is 0 Å². The van der Waals surface area contributed by atoms with E-state index in [4.69, 9.17) is 16.3 Å². The highest BCUT2D eigenvalue weighted by Crippen LogP contribution is 2.15. The first-order valence-corrected chi connectivity index (χ1v) is 8.56. The summed E-state index contributed by atoms with van der Waals surface area (Å²) in [5.41, 5.74) is 1.01. The Morgan fingerprint density at radius 3 is 3.16 bits per heavy atom. The van der Waals surface area contributed by atoms with Gasteiger partial charge in [-0.3, -0.25) is 4.90 Å². The van der Waals surface area contributed by atoms with Crippen LogP contribution in [0, 0.1) is 0 Å². The van der Waals surface area contributed by atoms with E-state index in [0.29, 0.717) is 11.9 Å². The second-order valence-corrected chi connectivity index (χ2v) is 6.21. The molecule has 1 fully saturated rings. The molecule has 108 valence electrons. The van der Waals surface area contributed by atoms with Crippen molar-refractivity contribution in [2.75, 3.05) is 26.3 Å². The van der Waals surface area contributed by atoms with E-state index in [0.717, 1.165) is 31.9 Å². The fourth-order valence-corrected chi connectivity index (χ4v) is 3.54. The Kier molecular flexibility index (Phi) is 6.57. The van der Waals surface area contributed by atoms with Gasteiger partial charge in [0.1, 0.15) is 0 Å². The van der Waals surface area contributed by atoms with Crippen LogP contribution in [0.25, 0.3) is 0 Å². The highest BCUT2D eigenvalue weighted by molar-refractivity contribution is 7.09. The molecule has 2 heterocycles. The predicted octanol–water partition coefficient (Wildman–Crippen LogP) is 3.32. The number of nitrogens with zero attached hydrogens (tertiary/aromatic N) is 2. The number of thiazole rings is 1. The second-order valence-electron chi connectivity index (χ2n) is 5.00. The highest BCUT2D eigenvalue weighted by Gasteiger charge is 2.20. The molecule has 19 heavy (non-hydrogen) atoms. The molecule has 0 N–H and O–H groups in total. The minimum Gasteiger partial charge on any atom is -0.378 e. The molecule has 3 nitrogen and oxygen atoms in total. The van der Waals surface area contributed by atoms with Crippen molar-refractivity contribution < 1.29 is 4.74 Å². The van der Waals surface area contributed by atoms with Crippen molar-refractivity contribution in [1.82, 2.24) is 9.88 Å². The Labute approximate surface area is 124 Å².